The van der Waals surface area contributed by atoms with Gasteiger partial charge in [-0.3, -0.25) is 4.79 Å². The Labute approximate surface area is 101 Å². The van der Waals surface area contributed by atoms with E-state index in [4.69, 9.17) is 5.73 Å². The van der Waals surface area contributed by atoms with Crippen LogP contribution in [0.25, 0.3) is 0 Å². The van der Waals surface area contributed by atoms with Gasteiger partial charge in [-0.05, 0) is 12.1 Å². The van der Waals surface area contributed by atoms with Gasteiger partial charge in [0.15, 0.2) is 0 Å². The molecular formula is C12H18N2OS. The van der Waals surface area contributed by atoms with Gasteiger partial charge in [0, 0.05) is 29.7 Å². The molecule has 3 N–H and O–H groups in total. The molecule has 1 aromatic rings. The summed E-state index contributed by atoms with van der Waals surface area (Å²) in [6.07, 6.45) is 0. The average molecular weight is 238 g/mol. The number of carbonyl (C=O) groups excluding carboxylic acids is 1. The molecule has 0 aliphatic heterocycles. The summed E-state index contributed by atoms with van der Waals surface area (Å²) >= 11 is 1.74. The third-order valence-corrected chi connectivity index (χ3v) is 3.23. The smallest absolute Gasteiger partial charge is 0.224 e. The molecule has 0 aliphatic carbocycles. The first-order valence-corrected chi connectivity index (χ1v) is 6.38. The van der Waals surface area contributed by atoms with Crippen molar-refractivity contribution in [3.63, 3.8) is 0 Å². The minimum atomic E-state index is -0.0956. The number of benzene rings is 1. The predicted octanol–water partition coefficient (Wildman–Crippen LogP) is 1.49. The minimum Gasteiger partial charge on any atom is -0.355 e. The number of nitrogens with two attached hydrogens (primary N) is 1. The molecule has 0 radical (unpaired) electrons. The second-order valence-corrected chi connectivity index (χ2v) is 4.76. The lowest BCUT2D eigenvalue weighted by Gasteiger charge is -2.09. The monoisotopic (exact) mass is 238 g/mol. The van der Waals surface area contributed by atoms with Gasteiger partial charge in [-0.25, -0.2) is 0 Å². The maximum absolute atomic E-state index is 11.4. The average Bonchev–Trinajstić information content (AvgIpc) is 2.34. The Kier molecular flexibility index (Phi) is 5.96. The molecule has 88 valence electrons. The highest BCUT2D eigenvalue weighted by molar-refractivity contribution is 7.99. The summed E-state index contributed by atoms with van der Waals surface area (Å²) in [6, 6.07) is 10.1. The van der Waals surface area contributed by atoms with Crippen LogP contribution in [0.4, 0.5) is 0 Å². The lowest BCUT2D eigenvalue weighted by Crippen LogP contribution is -2.34. The van der Waals surface area contributed by atoms with E-state index in [0.29, 0.717) is 13.1 Å². The number of amides is 1. The Morgan fingerprint density at radius 2 is 2.12 bits per heavy atom. The van der Waals surface area contributed by atoms with E-state index in [9.17, 15) is 4.79 Å². The largest absolute Gasteiger partial charge is 0.355 e. The van der Waals surface area contributed by atoms with Gasteiger partial charge in [-0.1, -0.05) is 25.1 Å². The molecule has 0 aromatic heterocycles. The van der Waals surface area contributed by atoms with E-state index in [2.05, 4.69) is 17.4 Å². The zero-order valence-corrected chi connectivity index (χ0v) is 10.3. The predicted molar refractivity (Wildman–Crippen MR) is 68.4 cm³/mol. The van der Waals surface area contributed by atoms with E-state index in [1.807, 2.05) is 25.1 Å². The number of nitrogens with one attached hydrogen (secondary N) is 1. The van der Waals surface area contributed by atoms with E-state index in [-0.39, 0.29) is 11.8 Å². The highest BCUT2D eigenvalue weighted by Crippen LogP contribution is 2.15. The van der Waals surface area contributed by atoms with Gasteiger partial charge < -0.3 is 11.1 Å². The van der Waals surface area contributed by atoms with Gasteiger partial charge in [0.2, 0.25) is 5.91 Å². The first-order chi connectivity index (χ1) is 7.74. The molecule has 3 nitrogen and oxygen atoms in total. The zero-order chi connectivity index (χ0) is 11.8. The highest BCUT2D eigenvalue weighted by atomic mass is 32.2. The maximum Gasteiger partial charge on any atom is 0.224 e. The Hall–Kier alpha value is -1.00. The van der Waals surface area contributed by atoms with Crippen LogP contribution in [-0.4, -0.2) is 24.7 Å². The number of rotatable bonds is 6. The molecule has 0 heterocycles. The topological polar surface area (TPSA) is 55.1 Å². The molecule has 0 bridgehead atoms. The lowest BCUT2D eigenvalue weighted by atomic mass is 10.2. The number of carbonyl (C=O) groups is 1. The lowest BCUT2D eigenvalue weighted by molar-refractivity contribution is -0.124. The van der Waals surface area contributed by atoms with Crippen LogP contribution < -0.4 is 11.1 Å². The number of thioether (sulfide) groups is 1. The van der Waals surface area contributed by atoms with Crippen LogP contribution in [0.15, 0.2) is 35.2 Å². The van der Waals surface area contributed by atoms with Crippen molar-refractivity contribution in [2.75, 3.05) is 18.8 Å². The summed E-state index contributed by atoms with van der Waals surface area (Å²) in [5.74, 6) is 0.824. The summed E-state index contributed by atoms with van der Waals surface area (Å²) in [6.45, 7) is 2.92. The van der Waals surface area contributed by atoms with E-state index in [1.54, 1.807) is 11.8 Å². The van der Waals surface area contributed by atoms with Crippen molar-refractivity contribution in [2.45, 2.75) is 11.8 Å². The molecule has 0 aliphatic rings. The quantitative estimate of drug-likeness (QED) is 0.583. The molecule has 16 heavy (non-hydrogen) atoms. The molecule has 0 fully saturated rings. The highest BCUT2D eigenvalue weighted by Gasteiger charge is 2.08. The van der Waals surface area contributed by atoms with Gasteiger partial charge in [-0.15, -0.1) is 11.8 Å². The summed E-state index contributed by atoms with van der Waals surface area (Å²) < 4.78 is 0. The van der Waals surface area contributed by atoms with Crippen LogP contribution in [0.2, 0.25) is 0 Å². The normalized spacial score (nSPS) is 12.1. The van der Waals surface area contributed by atoms with Gasteiger partial charge in [0.1, 0.15) is 0 Å². The summed E-state index contributed by atoms with van der Waals surface area (Å²) in [4.78, 5) is 12.6. The van der Waals surface area contributed by atoms with Crippen molar-refractivity contribution in [1.29, 1.82) is 0 Å². The molecule has 0 spiro atoms. The van der Waals surface area contributed by atoms with Gasteiger partial charge >= 0.3 is 0 Å². The Bertz CT molecular complexity index is 316. The van der Waals surface area contributed by atoms with E-state index >= 15 is 0 Å². The van der Waals surface area contributed by atoms with Crippen molar-refractivity contribution < 1.29 is 4.79 Å². The zero-order valence-electron chi connectivity index (χ0n) is 9.48. The molecule has 1 amide bonds. The van der Waals surface area contributed by atoms with E-state index in [0.717, 1.165) is 5.75 Å². The van der Waals surface area contributed by atoms with Crippen molar-refractivity contribution in [1.82, 2.24) is 5.32 Å². The van der Waals surface area contributed by atoms with E-state index < -0.39 is 0 Å². The third-order valence-electron chi connectivity index (χ3n) is 2.21. The minimum absolute atomic E-state index is 0.0381. The summed E-state index contributed by atoms with van der Waals surface area (Å²) in [5, 5.41) is 2.86. The van der Waals surface area contributed by atoms with Crippen LogP contribution in [-0.2, 0) is 4.79 Å². The summed E-state index contributed by atoms with van der Waals surface area (Å²) in [5.41, 5.74) is 5.40. The fraction of sp³-hybridized carbons (Fsp3) is 0.417. The molecule has 0 saturated carbocycles. The summed E-state index contributed by atoms with van der Waals surface area (Å²) in [7, 11) is 0. The Morgan fingerprint density at radius 1 is 1.44 bits per heavy atom. The molecule has 4 heteroatoms. The number of hydrogen-bond donors (Lipinski definition) is 2. The van der Waals surface area contributed by atoms with Gasteiger partial charge in [-0.2, -0.15) is 0 Å². The standard InChI is InChI=1S/C12H18N2OS/c1-10(9-13)12(15)14-7-8-16-11-5-3-2-4-6-11/h2-6,10H,7-9,13H2,1H3,(H,14,15). The van der Waals surface area contributed by atoms with Gasteiger partial charge in [0.25, 0.3) is 0 Å². The number of hydrogen-bond acceptors (Lipinski definition) is 3. The Morgan fingerprint density at radius 3 is 2.75 bits per heavy atom. The first-order valence-electron chi connectivity index (χ1n) is 5.39. The first kappa shape index (κ1) is 13.1. The fourth-order valence-electron chi connectivity index (χ4n) is 1.14. The van der Waals surface area contributed by atoms with Crippen molar-refractivity contribution in [3.8, 4) is 0 Å². The molecule has 1 rings (SSSR count). The van der Waals surface area contributed by atoms with E-state index in [1.165, 1.54) is 4.90 Å². The molecule has 1 atom stereocenters. The van der Waals surface area contributed by atoms with Crippen molar-refractivity contribution >= 4 is 17.7 Å². The fourth-order valence-corrected chi connectivity index (χ4v) is 1.93. The van der Waals surface area contributed by atoms with Gasteiger partial charge in [0.05, 0.1) is 0 Å². The molecule has 1 unspecified atom stereocenters. The third kappa shape index (κ3) is 4.68. The van der Waals surface area contributed by atoms with Crippen LogP contribution in [0, 0.1) is 5.92 Å². The van der Waals surface area contributed by atoms with Crippen molar-refractivity contribution in [2.24, 2.45) is 11.7 Å². The van der Waals surface area contributed by atoms with Crippen molar-refractivity contribution in [3.05, 3.63) is 30.3 Å². The molecular weight excluding hydrogens is 220 g/mol. The molecule has 0 saturated heterocycles. The van der Waals surface area contributed by atoms with Crippen LogP contribution in [0.1, 0.15) is 6.92 Å². The Balaban J connectivity index is 2.15. The van der Waals surface area contributed by atoms with Crippen LogP contribution in [0.3, 0.4) is 0 Å². The SMILES string of the molecule is CC(CN)C(=O)NCCSc1ccccc1. The second kappa shape index (κ2) is 7.30. The molecule has 1 aromatic carbocycles. The second-order valence-electron chi connectivity index (χ2n) is 3.59. The van der Waals surface area contributed by atoms with Crippen LogP contribution >= 0.6 is 11.8 Å². The maximum atomic E-state index is 11.4. The van der Waals surface area contributed by atoms with Crippen LogP contribution in [0.5, 0.6) is 0 Å².